The molecule has 6 heterocycles. The number of alkyl halides is 3. The molecule has 3 amide bonds. The van der Waals surface area contributed by atoms with Crippen LogP contribution in [-0.4, -0.2) is 206 Å². The largest absolute Gasteiger partial charge is 0.534 e. The number of benzene rings is 8. The molecule has 3 spiro atoms. The minimum absolute atomic E-state index is 0.0519. The van der Waals surface area contributed by atoms with Gasteiger partial charge < -0.3 is 82.8 Å². The summed E-state index contributed by atoms with van der Waals surface area (Å²) in [6.45, 7) is 28.1. The molecule has 6 aliphatic rings. The number of fused-ring (bicyclic) bond motifs is 3. The number of likely N-dealkylation sites (tertiary alicyclic amines) is 2. The summed E-state index contributed by atoms with van der Waals surface area (Å²) in [6.07, 6.45) is 10.3. The Morgan fingerprint density at radius 3 is 1.29 bits per heavy atom. The summed E-state index contributed by atoms with van der Waals surface area (Å²) in [5.41, 5.74) is 2.46. The van der Waals surface area contributed by atoms with E-state index in [-0.39, 0.29) is 76.8 Å². The van der Waals surface area contributed by atoms with E-state index >= 15 is 0 Å². The summed E-state index contributed by atoms with van der Waals surface area (Å²) >= 11 is 0. The van der Waals surface area contributed by atoms with E-state index in [4.69, 9.17) is 64.4 Å². The van der Waals surface area contributed by atoms with Crippen molar-refractivity contribution in [3.05, 3.63) is 262 Å². The van der Waals surface area contributed by atoms with Gasteiger partial charge in [-0.1, -0.05) is 120 Å². The molecule has 35 heteroatoms. The van der Waals surface area contributed by atoms with Crippen LogP contribution in [0.2, 0.25) is 0 Å². The Hall–Kier alpha value is -11.8. The van der Waals surface area contributed by atoms with Crippen molar-refractivity contribution in [3.8, 4) is 29.4 Å². The number of rotatable bonds is 10. The summed E-state index contributed by atoms with van der Waals surface area (Å²) in [5, 5.41) is 73.0. The van der Waals surface area contributed by atoms with E-state index in [0.717, 1.165) is 73.2 Å². The van der Waals surface area contributed by atoms with Crippen molar-refractivity contribution >= 4 is 98.7 Å². The highest BCUT2D eigenvalue weighted by atomic mass is 32.2. The van der Waals surface area contributed by atoms with E-state index in [1.807, 2.05) is 115 Å². The third-order valence-corrected chi connectivity index (χ3v) is 22.7. The van der Waals surface area contributed by atoms with E-state index in [9.17, 15) is 49.2 Å². The van der Waals surface area contributed by atoms with Gasteiger partial charge in [0.05, 0.1) is 46.4 Å². The molecule has 129 heavy (non-hydrogen) atoms. The summed E-state index contributed by atoms with van der Waals surface area (Å²) in [6, 6.07) is 59.2. The number of halogens is 3. The number of nitriles is 2. The van der Waals surface area contributed by atoms with E-state index < -0.39 is 75.5 Å². The minimum Gasteiger partial charge on any atom is -0.482 e. The number of ether oxygens (including phenoxy) is 6. The molecule has 0 bridgehead atoms. The van der Waals surface area contributed by atoms with Gasteiger partial charge in [0.1, 0.15) is 45.3 Å². The molecule has 14 rings (SSSR count). The monoisotopic (exact) mass is 1810 g/mol. The van der Waals surface area contributed by atoms with Gasteiger partial charge in [-0.05, 0) is 221 Å². The molecule has 8 aromatic carbocycles. The predicted octanol–water partition coefficient (Wildman–Crippen LogP) is 12.4. The number of methoxy groups -OCH3 is 1. The third-order valence-electron chi connectivity index (χ3n) is 20.6. The SMILES string of the molecule is CC(C)(C)OC(=O)N1CCC2(C=C(OS(=O)(=O)C(F)(F)F)c3ccccc3O2)CC1.CC1=CC2(CCN(C(=O)OC(C)(C)C)CC2)Oc2ccccc21.CC1=CC2(CCNCC2)Oc2ccccc21.CCN(CC)C(=O)c1cccc(B(O)O)c1.COC(=O)c1ccc(C)cc1.CS(=O)(=O)c1ccc(B(O)O)cc1.Cc1ccc(C#N)cc1.N#Cc1cccc(B(O)O)c1. The zero-order chi connectivity index (χ0) is 95.5. The van der Waals surface area contributed by atoms with Crippen LogP contribution in [0.15, 0.2) is 217 Å². The molecular formula is C94H112B3F3N6O21S2. The molecule has 0 unspecified atom stereocenters. The Balaban J connectivity index is 0.000000208. The number of piperidine rings is 3. The van der Waals surface area contributed by atoms with Crippen LogP contribution in [0.25, 0.3) is 16.9 Å². The fourth-order valence-electron chi connectivity index (χ4n) is 13.8. The normalized spacial score (nSPS) is 15.2. The van der Waals surface area contributed by atoms with Crippen molar-refractivity contribution in [1.29, 1.82) is 10.5 Å². The second kappa shape index (κ2) is 46.5. The maximum absolute atomic E-state index is 12.8. The number of carbonyl (C=O) groups excluding carboxylic acids is 4. The number of hydrogen-bond acceptors (Lipinski definition) is 24. The number of sulfone groups is 1. The number of allylic oxidation sites excluding steroid dienone is 2. The molecule has 27 nitrogen and oxygen atoms in total. The molecular weight excluding hydrogens is 1700 g/mol. The van der Waals surface area contributed by atoms with E-state index in [2.05, 4.69) is 70.6 Å². The van der Waals surface area contributed by atoms with Gasteiger partial charge in [0.15, 0.2) is 15.6 Å². The van der Waals surface area contributed by atoms with Gasteiger partial charge in [-0.25, -0.2) is 22.8 Å². The zero-order valence-electron chi connectivity index (χ0n) is 74.8. The number of hydrogen-bond donors (Lipinski definition) is 7. The number of nitrogens with one attached hydrogen (secondary N) is 1. The number of esters is 1. The fourth-order valence-corrected chi connectivity index (χ4v) is 14.9. The molecule has 0 aromatic heterocycles. The lowest BCUT2D eigenvalue weighted by Gasteiger charge is -2.42. The van der Waals surface area contributed by atoms with Gasteiger partial charge in [-0.3, -0.25) is 4.79 Å². The maximum atomic E-state index is 12.8. The first-order valence-electron chi connectivity index (χ1n) is 41.6. The first-order chi connectivity index (χ1) is 60.6. The third kappa shape index (κ3) is 31.6. The lowest BCUT2D eigenvalue weighted by Crippen LogP contribution is -2.50. The number of para-hydroxylation sites is 3. The molecule has 0 radical (unpaired) electrons. The van der Waals surface area contributed by atoms with Crippen LogP contribution in [0, 0.1) is 36.5 Å². The number of aryl methyl sites for hydroxylation is 2. The summed E-state index contributed by atoms with van der Waals surface area (Å²) in [7, 11) is -12.3. The highest BCUT2D eigenvalue weighted by Gasteiger charge is 2.51. The van der Waals surface area contributed by atoms with Crippen LogP contribution in [0.3, 0.4) is 0 Å². The van der Waals surface area contributed by atoms with E-state index in [0.29, 0.717) is 53.8 Å². The Labute approximate surface area is 754 Å². The van der Waals surface area contributed by atoms with Crippen molar-refractivity contribution in [1.82, 2.24) is 20.0 Å². The molecule has 0 aliphatic carbocycles. The molecule has 0 atom stereocenters. The van der Waals surface area contributed by atoms with Crippen LogP contribution < -0.4 is 35.9 Å². The Kier molecular flexibility index (Phi) is 37.6. The molecule has 3 fully saturated rings. The molecule has 3 saturated heterocycles. The molecule has 7 N–H and O–H groups in total. The van der Waals surface area contributed by atoms with Gasteiger partial charge >= 0.3 is 55.1 Å². The van der Waals surface area contributed by atoms with Crippen LogP contribution in [0.1, 0.15) is 167 Å². The molecule has 686 valence electrons. The molecule has 8 aromatic rings. The number of nitrogens with zero attached hydrogens (tertiary/aromatic N) is 5. The van der Waals surface area contributed by atoms with Crippen molar-refractivity contribution < 1.29 is 112 Å². The van der Waals surface area contributed by atoms with Crippen molar-refractivity contribution in [3.63, 3.8) is 0 Å². The van der Waals surface area contributed by atoms with E-state index in [1.165, 1.54) is 95.0 Å². The molecule has 6 aliphatic heterocycles. The Bertz CT molecular complexity index is 5540. The van der Waals surface area contributed by atoms with Gasteiger partial charge in [0.2, 0.25) is 0 Å². The maximum Gasteiger partial charge on any atom is 0.534 e. The number of carbonyl (C=O) groups is 4. The van der Waals surface area contributed by atoms with Crippen LogP contribution >= 0.6 is 0 Å². The van der Waals surface area contributed by atoms with Crippen LogP contribution in [0.5, 0.6) is 17.2 Å². The van der Waals surface area contributed by atoms with Crippen molar-refractivity contribution in [2.24, 2.45) is 0 Å². The topological polar surface area (TPSA) is 392 Å². The fraction of sp³-hybridized carbons (Fsp3) is 0.362. The first kappa shape index (κ1) is 104. The van der Waals surface area contributed by atoms with Crippen molar-refractivity contribution in [2.45, 2.75) is 160 Å². The second-order valence-electron chi connectivity index (χ2n) is 33.0. The second-order valence-corrected chi connectivity index (χ2v) is 36.5. The predicted molar refractivity (Wildman–Crippen MR) is 489 cm³/mol. The summed E-state index contributed by atoms with van der Waals surface area (Å²) in [4.78, 5) is 52.4. The van der Waals surface area contributed by atoms with Gasteiger partial charge in [-0.2, -0.15) is 32.1 Å². The first-order valence-corrected chi connectivity index (χ1v) is 44.9. The van der Waals surface area contributed by atoms with Gasteiger partial charge in [0, 0.05) is 107 Å². The highest BCUT2D eigenvalue weighted by Crippen LogP contribution is 2.45. The highest BCUT2D eigenvalue weighted by molar-refractivity contribution is 7.90. The van der Waals surface area contributed by atoms with Gasteiger partial charge in [0.25, 0.3) is 5.91 Å². The zero-order valence-corrected chi connectivity index (χ0v) is 76.5. The average molecular weight is 1820 g/mol. The van der Waals surface area contributed by atoms with E-state index in [1.54, 1.807) is 85.2 Å². The minimum atomic E-state index is -5.85. The van der Waals surface area contributed by atoms with Crippen LogP contribution in [-0.2, 0) is 38.3 Å². The lowest BCUT2D eigenvalue weighted by molar-refractivity contribution is -0.0512. The van der Waals surface area contributed by atoms with Gasteiger partial charge in [-0.15, -0.1) is 0 Å². The van der Waals surface area contributed by atoms with Crippen molar-refractivity contribution in [2.75, 3.05) is 65.7 Å². The van der Waals surface area contributed by atoms with Crippen LogP contribution in [0.4, 0.5) is 22.8 Å². The Morgan fingerprint density at radius 1 is 0.496 bits per heavy atom. The average Bonchev–Trinajstić information content (AvgIpc) is 0.757. The molecule has 0 saturated carbocycles. The lowest BCUT2D eigenvalue weighted by atomic mass is 9.79. The standard InChI is InChI=1S/C19H22F3NO6S.C19H25NO3.C14H17NO.C11H16BNO3.C9H10O2.C8H7N.C7H6BNO2.C7H9BO4S/c1-17(2,3)28-16(24)23-10-8-18(9-11-23)12-15(29-30(25,26)19(20,21)22)13-6-4-5-7-14(13)27-18;1-14-13-19(22-16-8-6-5-7-15(14)16)9-11-20(12-10-19)17(21)23-18(2,3)4;1-11-10-14(6-8-15-9-7-14)16-13-5-3-2-4-12(11)13;1-3-13(4-2)11(14)9-6-5-7-10(8-9)12(15)16;1-7-3-5-8(6-4-7)9(10)11-2;1-7-2-4-8(6-9)5-3-7;9-5-6-2-1-3-7(4-6)8(10)11;1-13(11,12)7-4-2-6(3-5-7)8(9)10/h4-7,12H,8-11H2,1-3H3;5-8,13H,9-12H2,1-4H3;2-5,10,15H,6-9H2,1H3;5-8,15-16H,3-4H2,1-2H3;3-6H,1-2H3;2-5H,1H3;1-4,10-11H;2-5,9-10H,1H3. The quantitative estimate of drug-likeness (QED) is 0.0220. The number of amides is 3. The Morgan fingerprint density at radius 2 is 0.891 bits per heavy atom. The smallest absolute Gasteiger partial charge is 0.482 e. The summed E-state index contributed by atoms with van der Waals surface area (Å²) in [5.74, 6) is 1.37. The summed E-state index contributed by atoms with van der Waals surface area (Å²) < 4.78 is 122.